The summed E-state index contributed by atoms with van der Waals surface area (Å²) in [6, 6.07) is 11.8. The standard InChI is InChI=1S/C22H27ClN2O4S/c1-16-13-19(29-2)9-10-21(16)24-22(26)11-8-17-5-4-12-25(15-17)30(27,28)20-7-3-6-18(23)14-20/h3,6-7,9-10,13-14,17H,4-5,8,11-12,15H2,1-2H3,(H,24,26)/t17-/m0/s1. The number of halogens is 1. The van der Waals surface area contributed by atoms with Gasteiger partial charge in [-0.1, -0.05) is 17.7 Å². The molecule has 0 spiro atoms. The number of hydrogen-bond acceptors (Lipinski definition) is 4. The summed E-state index contributed by atoms with van der Waals surface area (Å²) in [6.07, 6.45) is 2.68. The summed E-state index contributed by atoms with van der Waals surface area (Å²) >= 11 is 5.96. The predicted molar refractivity (Wildman–Crippen MR) is 119 cm³/mol. The summed E-state index contributed by atoms with van der Waals surface area (Å²) in [5.74, 6) is 0.822. The average Bonchev–Trinajstić information content (AvgIpc) is 2.74. The molecule has 1 amide bonds. The van der Waals surface area contributed by atoms with Crippen molar-refractivity contribution in [2.75, 3.05) is 25.5 Å². The Kier molecular flexibility index (Phi) is 7.39. The summed E-state index contributed by atoms with van der Waals surface area (Å²) in [4.78, 5) is 12.6. The van der Waals surface area contributed by atoms with Gasteiger partial charge < -0.3 is 10.1 Å². The van der Waals surface area contributed by atoms with Crippen molar-refractivity contribution in [3.63, 3.8) is 0 Å². The molecule has 0 bridgehead atoms. The molecule has 6 nitrogen and oxygen atoms in total. The van der Waals surface area contributed by atoms with Crippen molar-refractivity contribution >= 4 is 33.2 Å². The van der Waals surface area contributed by atoms with Crippen LogP contribution in [0.3, 0.4) is 0 Å². The highest BCUT2D eigenvalue weighted by atomic mass is 35.5. The van der Waals surface area contributed by atoms with Crippen LogP contribution in [0.1, 0.15) is 31.2 Å². The molecule has 0 unspecified atom stereocenters. The van der Waals surface area contributed by atoms with E-state index < -0.39 is 10.0 Å². The van der Waals surface area contributed by atoms with Crippen LogP contribution in [0.2, 0.25) is 5.02 Å². The van der Waals surface area contributed by atoms with Crippen LogP contribution in [0.15, 0.2) is 47.4 Å². The molecule has 162 valence electrons. The number of amides is 1. The molecule has 1 atom stereocenters. The first kappa shape index (κ1) is 22.6. The maximum atomic E-state index is 12.9. The predicted octanol–water partition coefficient (Wildman–Crippen LogP) is 4.48. The second-order valence-corrected chi connectivity index (χ2v) is 9.97. The van der Waals surface area contributed by atoms with Crippen LogP contribution >= 0.6 is 11.6 Å². The van der Waals surface area contributed by atoms with E-state index in [2.05, 4.69) is 5.32 Å². The number of carbonyl (C=O) groups is 1. The maximum absolute atomic E-state index is 12.9. The van der Waals surface area contributed by atoms with E-state index in [1.165, 1.54) is 10.4 Å². The molecule has 8 heteroatoms. The summed E-state index contributed by atoms with van der Waals surface area (Å²) in [6.45, 7) is 2.82. The van der Waals surface area contributed by atoms with Crippen molar-refractivity contribution in [3.8, 4) is 5.75 Å². The van der Waals surface area contributed by atoms with Gasteiger partial charge in [-0.25, -0.2) is 8.42 Å². The summed E-state index contributed by atoms with van der Waals surface area (Å²) in [7, 11) is -1.98. The van der Waals surface area contributed by atoms with Gasteiger partial charge in [0.2, 0.25) is 15.9 Å². The molecule has 2 aromatic rings. The molecule has 1 fully saturated rings. The molecule has 30 heavy (non-hydrogen) atoms. The number of sulfonamides is 1. The van der Waals surface area contributed by atoms with Gasteiger partial charge in [0.1, 0.15) is 5.75 Å². The van der Waals surface area contributed by atoms with Crippen molar-refractivity contribution < 1.29 is 17.9 Å². The molecule has 0 radical (unpaired) electrons. The lowest BCUT2D eigenvalue weighted by molar-refractivity contribution is -0.116. The first-order valence-corrected chi connectivity index (χ1v) is 11.8. The monoisotopic (exact) mass is 450 g/mol. The molecule has 0 aromatic heterocycles. The van der Waals surface area contributed by atoms with Crippen molar-refractivity contribution in [2.45, 2.75) is 37.5 Å². The molecule has 0 saturated carbocycles. The molecule has 1 heterocycles. The molecule has 2 aromatic carbocycles. The second-order valence-electron chi connectivity index (χ2n) is 7.60. The molecule has 1 saturated heterocycles. The van der Waals surface area contributed by atoms with E-state index in [1.807, 2.05) is 25.1 Å². The number of piperidine rings is 1. The Bertz CT molecular complexity index is 1010. The second kappa shape index (κ2) is 9.81. The van der Waals surface area contributed by atoms with Crippen LogP contribution in [0.25, 0.3) is 0 Å². The van der Waals surface area contributed by atoms with Crippen LogP contribution in [0.4, 0.5) is 5.69 Å². The Morgan fingerprint density at radius 3 is 2.77 bits per heavy atom. The topological polar surface area (TPSA) is 75.7 Å². The van der Waals surface area contributed by atoms with Crippen LogP contribution in [-0.2, 0) is 14.8 Å². The van der Waals surface area contributed by atoms with Gasteiger partial charge in [0.15, 0.2) is 0 Å². The fourth-order valence-corrected chi connectivity index (χ4v) is 5.56. The molecular formula is C22H27ClN2O4S. The van der Waals surface area contributed by atoms with E-state index in [4.69, 9.17) is 16.3 Å². The SMILES string of the molecule is COc1ccc(NC(=O)CC[C@@H]2CCCN(S(=O)(=O)c3cccc(Cl)c3)C2)c(C)c1. The highest BCUT2D eigenvalue weighted by molar-refractivity contribution is 7.89. The number of aryl methyl sites for hydroxylation is 1. The van der Waals surface area contributed by atoms with Gasteiger partial charge in [-0.15, -0.1) is 0 Å². The van der Waals surface area contributed by atoms with Crippen LogP contribution in [0, 0.1) is 12.8 Å². The number of methoxy groups -OCH3 is 1. The molecule has 1 aliphatic heterocycles. The highest BCUT2D eigenvalue weighted by Crippen LogP contribution is 2.28. The van der Waals surface area contributed by atoms with Crippen molar-refractivity contribution in [1.29, 1.82) is 0 Å². The quantitative estimate of drug-likeness (QED) is 0.674. The molecule has 0 aliphatic carbocycles. The van der Waals surface area contributed by atoms with Gasteiger partial charge in [0.05, 0.1) is 12.0 Å². The zero-order valence-corrected chi connectivity index (χ0v) is 18.8. The fourth-order valence-electron chi connectivity index (χ4n) is 3.71. The fraction of sp³-hybridized carbons (Fsp3) is 0.409. The number of benzene rings is 2. The molecule has 1 aliphatic rings. The third-order valence-corrected chi connectivity index (χ3v) is 7.50. The largest absolute Gasteiger partial charge is 0.497 e. The van der Waals surface area contributed by atoms with E-state index in [-0.39, 0.29) is 16.7 Å². The van der Waals surface area contributed by atoms with Crippen LogP contribution in [-0.4, -0.2) is 38.8 Å². The number of nitrogens with zero attached hydrogens (tertiary/aromatic N) is 1. The van der Waals surface area contributed by atoms with E-state index in [0.29, 0.717) is 31.0 Å². The lowest BCUT2D eigenvalue weighted by Gasteiger charge is -2.32. The van der Waals surface area contributed by atoms with Crippen LogP contribution in [0.5, 0.6) is 5.75 Å². The van der Waals surface area contributed by atoms with E-state index in [9.17, 15) is 13.2 Å². The van der Waals surface area contributed by atoms with E-state index >= 15 is 0 Å². The zero-order chi connectivity index (χ0) is 21.7. The summed E-state index contributed by atoms with van der Waals surface area (Å²) < 4.78 is 32.6. The van der Waals surface area contributed by atoms with Crippen molar-refractivity contribution in [3.05, 3.63) is 53.1 Å². The maximum Gasteiger partial charge on any atom is 0.243 e. The summed E-state index contributed by atoms with van der Waals surface area (Å²) in [5.41, 5.74) is 1.69. The molecule has 3 rings (SSSR count). The Labute approximate surface area is 183 Å². The highest BCUT2D eigenvalue weighted by Gasteiger charge is 2.30. The number of carbonyl (C=O) groups excluding carboxylic acids is 1. The Hall–Kier alpha value is -2.09. The molecule has 1 N–H and O–H groups in total. The number of nitrogens with one attached hydrogen (secondary N) is 1. The number of rotatable bonds is 7. The Morgan fingerprint density at radius 2 is 2.07 bits per heavy atom. The lowest BCUT2D eigenvalue weighted by Crippen LogP contribution is -2.40. The van der Waals surface area contributed by atoms with Crippen molar-refractivity contribution in [1.82, 2.24) is 4.31 Å². The average molecular weight is 451 g/mol. The first-order chi connectivity index (χ1) is 14.3. The minimum atomic E-state index is -3.58. The number of ether oxygens (including phenoxy) is 1. The lowest BCUT2D eigenvalue weighted by atomic mass is 9.94. The van der Waals surface area contributed by atoms with Gasteiger partial charge in [-0.3, -0.25) is 4.79 Å². The third kappa shape index (κ3) is 5.53. The van der Waals surface area contributed by atoms with Crippen molar-refractivity contribution in [2.24, 2.45) is 5.92 Å². The Morgan fingerprint density at radius 1 is 1.27 bits per heavy atom. The normalized spacial score (nSPS) is 17.5. The van der Waals surface area contributed by atoms with E-state index in [1.54, 1.807) is 25.3 Å². The number of anilines is 1. The third-order valence-electron chi connectivity index (χ3n) is 5.40. The first-order valence-electron chi connectivity index (χ1n) is 10.00. The Balaban J connectivity index is 1.57. The molecular weight excluding hydrogens is 424 g/mol. The van der Waals surface area contributed by atoms with Gasteiger partial charge in [0.25, 0.3) is 0 Å². The van der Waals surface area contributed by atoms with Gasteiger partial charge in [-0.2, -0.15) is 4.31 Å². The van der Waals surface area contributed by atoms with Gasteiger partial charge in [0, 0.05) is 30.2 Å². The summed E-state index contributed by atoms with van der Waals surface area (Å²) in [5, 5.41) is 3.33. The van der Waals surface area contributed by atoms with Gasteiger partial charge in [-0.05, 0) is 74.1 Å². The van der Waals surface area contributed by atoms with E-state index in [0.717, 1.165) is 29.8 Å². The smallest absolute Gasteiger partial charge is 0.243 e. The number of hydrogen-bond donors (Lipinski definition) is 1. The van der Waals surface area contributed by atoms with Gasteiger partial charge >= 0.3 is 0 Å². The minimum absolute atomic E-state index is 0.0712. The zero-order valence-electron chi connectivity index (χ0n) is 17.2. The van der Waals surface area contributed by atoms with Crippen LogP contribution < -0.4 is 10.1 Å². The minimum Gasteiger partial charge on any atom is -0.497 e.